The quantitative estimate of drug-likeness (QED) is 0.854. The summed E-state index contributed by atoms with van der Waals surface area (Å²) in [5.41, 5.74) is 5.89. The molecule has 2 N–H and O–H groups in total. The van der Waals surface area contributed by atoms with Gasteiger partial charge in [-0.25, -0.2) is 0 Å². The van der Waals surface area contributed by atoms with Crippen LogP contribution in [0.15, 0.2) is 16.5 Å². The second-order valence-corrected chi connectivity index (χ2v) is 4.65. The first-order chi connectivity index (χ1) is 7.81. The number of hydrogen-bond acceptors (Lipinski definition) is 3. The summed E-state index contributed by atoms with van der Waals surface area (Å²) in [5, 5.41) is 0. The number of hydrogen-bond donors (Lipinski definition) is 1. The van der Waals surface area contributed by atoms with Gasteiger partial charge in [0.2, 0.25) is 0 Å². The molecule has 0 aromatic carbocycles. The van der Waals surface area contributed by atoms with Crippen molar-refractivity contribution in [1.29, 1.82) is 0 Å². The van der Waals surface area contributed by atoms with Crippen LogP contribution in [0.25, 0.3) is 0 Å². The van der Waals surface area contributed by atoms with Gasteiger partial charge in [0, 0.05) is 6.54 Å². The van der Waals surface area contributed by atoms with Crippen LogP contribution < -0.4 is 5.73 Å². The standard InChI is InChI=1S/C13H22N2O/c1-11-6-7-13(16-11)12(10-14)15-8-4-2-3-5-9-15/h6-7,12H,2-5,8-10,14H2,1H3. The largest absolute Gasteiger partial charge is 0.465 e. The van der Waals surface area contributed by atoms with E-state index in [1.54, 1.807) is 0 Å². The number of rotatable bonds is 3. The molecule has 16 heavy (non-hydrogen) atoms. The zero-order chi connectivity index (χ0) is 11.4. The van der Waals surface area contributed by atoms with Gasteiger partial charge in [0.15, 0.2) is 0 Å². The van der Waals surface area contributed by atoms with E-state index in [9.17, 15) is 0 Å². The molecule has 1 unspecified atom stereocenters. The molecular formula is C13H22N2O. The predicted molar refractivity (Wildman–Crippen MR) is 65.3 cm³/mol. The summed E-state index contributed by atoms with van der Waals surface area (Å²) < 4.78 is 5.71. The smallest absolute Gasteiger partial charge is 0.122 e. The van der Waals surface area contributed by atoms with Crippen LogP contribution >= 0.6 is 0 Å². The Morgan fingerprint density at radius 3 is 2.44 bits per heavy atom. The van der Waals surface area contributed by atoms with Gasteiger partial charge in [-0.3, -0.25) is 4.90 Å². The highest BCUT2D eigenvalue weighted by Gasteiger charge is 2.22. The second-order valence-electron chi connectivity index (χ2n) is 4.65. The third-order valence-electron chi connectivity index (χ3n) is 3.39. The van der Waals surface area contributed by atoms with Crippen molar-refractivity contribution < 1.29 is 4.42 Å². The minimum Gasteiger partial charge on any atom is -0.465 e. The van der Waals surface area contributed by atoms with Crippen LogP contribution in [0.2, 0.25) is 0 Å². The van der Waals surface area contributed by atoms with Crippen LogP contribution in [-0.2, 0) is 0 Å². The fourth-order valence-corrected chi connectivity index (χ4v) is 2.48. The van der Waals surface area contributed by atoms with Crippen molar-refractivity contribution in [3.05, 3.63) is 23.7 Å². The summed E-state index contributed by atoms with van der Waals surface area (Å²) in [5.74, 6) is 2.00. The Kier molecular flexibility index (Phi) is 4.02. The fraction of sp³-hybridized carbons (Fsp3) is 0.692. The first kappa shape index (κ1) is 11.7. The van der Waals surface area contributed by atoms with Gasteiger partial charge in [-0.2, -0.15) is 0 Å². The molecule has 1 fully saturated rings. The molecule has 0 saturated carbocycles. The van der Waals surface area contributed by atoms with E-state index in [1.165, 1.54) is 25.7 Å². The SMILES string of the molecule is Cc1ccc(C(CN)N2CCCCCC2)o1. The van der Waals surface area contributed by atoms with E-state index in [0.717, 1.165) is 24.6 Å². The van der Waals surface area contributed by atoms with Crippen molar-refractivity contribution >= 4 is 0 Å². The summed E-state index contributed by atoms with van der Waals surface area (Å²) in [6.45, 7) is 4.94. The van der Waals surface area contributed by atoms with Crippen LogP contribution in [0.5, 0.6) is 0 Å². The minimum atomic E-state index is 0.270. The van der Waals surface area contributed by atoms with E-state index in [2.05, 4.69) is 11.0 Å². The van der Waals surface area contributed by atoms with Crippen LogP contribution in [0.3, 0.4) is 0 Å². The maximum atomic E-state index is 5.89. The van der Waals surface area contributed by atoms with E-state index in [-0.39, 0.29) is 6.04 Å². The van der Waals surface area contributed by atoms with E-state index >= 15 is 0 Å². The third-order valence-corrected chi connectivity index (χ3v) is 3.39. The Morgan fingerprint density at radius 2 is 1.94 bits per heavy atom. The molecule has 0 bridgehead atoms. The molecule has 2 heterocycles. The molecule has 90 valence electrons. The molecule has 1 aromatic heterocycles. The second kappa shape index (κ2) is 5.51. The highest BCUT2D eigenvalue weighted by atomic mass is 16.3. The van der Waals surface area contributed by atoms with Crippen molar-refractivity contribution in [1.82, 2.24) is 4.90 Å². The maximum absolute atomic E-state index is 5.89. The van der Waals surface area contributed by atoms with E-state index in [0.29, 0.717) is 6.54 Å². The molecule has 0 aliphatic carbocycles. The lowest BCUT2D eigenvalue weighted by atomic mass is 10.2. The molecule has 0 radical (unpaired) electrons. The molecule has 1 atom stereocenters. The summed E-state index contributed by atoms with van der Waals surface area (Å²) in [7, 11) is 0. The predicted octanol–water partition coefficient (Wildman–Crippen LogP) is 2.46. The van der Waals surface area contributed by atoms with Gasteiger partial charge in [0.1, 0.15) is 11.5 Å². The van der Waals surface area contributed by atoms with Gasteiger partial charge in [0.25, 0.3) is 0 Å². The lowest BCUT2D eigenvalue weighted by molar-refractivity contribution is 0.184. The number of nitrogens with zero attached hydrogens (tertiary/aromatic N) is 1. The molecule has 3 nitrogen and oxygen atoms in total. The first-order valence-corrected chi connectivity index (χ1v) is 6.31. The van der Waals surface area contributed by atoms with Crippen LogP contribution in [0.4, 0.5) is 0 Å². The molecular weight excluding hydrogens is 200 g/mol. The summed E-state index contributed by atoms with van der Waals surface area (Å²) >= 11 is 0. The topological polar surface area (TPSA) is 42.4 Å². The molecule has 1 aromatic rings. The van der Waals surface area contributed by atoms with Gasteiger partial charge >= 0.3 is 0 Å². The summed E-state index contributed by atoms with van der Waals surface area (Å²) in [6.07, 6.45) is 5.28. The normalized spacial score (nSPS) is 20.6. The number of aryl methyl sites for hydroxylation is 1. The number of nitrogens with two attached hydrogens (primary N) is 1. The zero-order valence-corrected chi connectivity index (χ0v) is 10.1. The summed E-state index contributed by atoms with van der Waals surface area (Å²) in [6, 6.07) is 4.36. The lowest BCUT2D eigenvalue weighted by Crippen LogP contribution is -2.34. The molecule has 2 rings (SSSR count). The van der Waals surface area contributed by atoms with Crippen molar-refractivity contribution in [2.45, 2.75) is 38.6 Å². The molecule has 3 heteroatoms. The monoisotopic (exact) mass is 222 g/mol. The Bertz CT molecular complexity index is 313. The number of likely N-dealkylation sites (tertiary alicyclic amines) is 1. The van der Waals surface area contributed by atoms with Gasteiger partial charge in [-0.1, -0.05) is 12.8 Å². The fourth-order valence-electron chi connectivity index (χ4n) is 2.48. The summed E-state index contributed by atoms with van der Waals surface area (Å²) in [4.78, 5) is 2.48. The van der Waals surface area contributed by atoms with E-state index < -0.39 is 0 Å². The van der Waals surface area contributed by atoms with Gasteiger partial charge in [0.05, 0.1) is 6.04 Å². The van der Waals surface area contributed by atoms with Crippen molar-refractivity contribution in [3.63, 3.8) is 0 Å². The molecule has 1 aliphatic heterocycles. The van der Waals surface area contributed by atoms with E-state index in [4.69, 9.17) is 10.2 Å². The van der Waals surface area contributed by atoms with Crippen molar-refractivity contribution in [2.75, 3.05) is 19.6 Å². The van der Waals surface area contributed by atoms with Gasteiger partial charge in [-0.15, -0.1) is 0 Å². The third kappa shape index (κ3) is 2.66. The minimum absolute atomic E-state index is 0.270. The molecule has 1 saturated heterocycles. The van der Waals surface area contributed by atoms with Crippen LogP contribution in [0.1, 0.15) is 43.2 Å². The van der Waals surface area contributed by atoms with E-state index in [1.807, 2.05) is 13.0 Å². The Morgan fingerprint density at radius 1 is 1.25 bits per heavy atom. The Balaban J connectivity index is 2.08. The van der Waals surface area contributed by atoms with Crippen LogP contribution in [0, 0.1) is 6.92 Å². The number of furan rings is 1. The van der Waals surface area contributed by atoms with Crippen molar-refractivity contribution in [2.24, 2.45) is 5.73 Å². The molecule has 0 spiro atoms. The van der Waals surface area contributed by atoms with Crippen LogP contribution in [-0.4, -0.2) is 24.5 Å². The zero-order valence-electron chi connectivity index (χ0n) is 10.1. The highest BCUT2D eigenvalue weighted by Crippen LogP contribution is 2.24. The average Bonchev–Trinajstić information content (AvgIpc) is 2.55. The average molecular weight is 222 g/mol. The molecule has 0 amide bonds. The lowest BCUT2D eigenvalue weighted by Gasteiger charge is -2.27. The Hall–Kier alpha value is -0.800. The molecule has 1 aliphatic rings. The van der Waals surface area contributed by atoms with Gasteiger partial charge < -0.3 is 10.2 Å². The maximum Gasteiger partial charge on any atom is 0.122 e. The highest BCUT2D eigenvalue weighted by molar-refractivity contribution is 5.10. The van der Waals surface area contributed by atoms with Gasteiger partial charge in [-0.05, 0) is 45.0 Å². The van der Waals surface area contributed by atoms with Crippen molar-refractivity contribution in [3.8, 4) is 0 Å². The Labute approximate surface area is 97.6 Å². The first-order valence-electron chi connectivity index (χ1n) is 6.31.